The van der Waals surface area contributed by atoms with E-state index < -0.39 is 15.9 Å². The normalized spacial score (nSPS) is 12.1. The van der Waals surface area contributed by atoms with E-state index in [1.54, 1.807) is 50.6 Å². The highest BCUT2D eigenvalue weighted by atomic mass is 32.2. The first kappa shape index (κ1) is 27.1. The van der Waals surface area contributed by atoms with Gasteiger partial charge in [0.1, 0.15) is 6.54 Å². The Hall–Kier alpha value is -3.52. The van der Waals surface area contributed by atoms with Gasteiger partial charge in [-0.25, -0.2) is 8.42 Å². The van der Waals surface area contributed by atoms with E-state index in [4.69, 9.17) is 9.47 Å². The summed E-state index contributed by atoms with van der Waals surface area (Å²) in [6.45, 7) is 7.22. The zero-order valence-electron chi connectivity index (χ0n) is 21.7. The molecule has 3 aromatic carbocycles. The summed E-state index contributed by atoms with van der Waals surface area (Å²) in [5.41, 5.74) is 3.92. The van der Waals surface area contributed by atoms with E-state index in [-0.39, 0.29) is 17.5 Å². The highest BCUT2D eigenvalue weighted by Gasteiger charge is 2.29. The second kappa shape index (κ2) is 11.5. The molecule has 0 bridgehead atoms. The van der Waals surface area contributed by atoms with Gasteiger partial charge in [-0.15, -0.1) is 0 Å². The molecule has 0 spiro atoms. The first-order chi connectivity index (χ1) is 17.1. The first-order valence-corrected chi connectivity index (χ1v) is 13.2. The summed E-state index contributed by atoms with van der Waals surface area (Å²) >= 11 is 0. The number of nitrogens with one attached hydrogen (secondary N) is 1. The summed E-state index contributed by atoms with van der Waals surface area (Å²) in [7, 11) is -0.879. The molecule has 0 saturated carbocycles. The Morgan fingerprint density at radius 1 is 0.889 bits per heavy atom. The molecule has 1 N–H and O–H groups in total. The molecule has 1 unspecified atom stereocenters. The predicted molar refractivity (Wildman–Crippen MR) is 142 cm³/mol. The average Bonchev–Trinajstić information content (AvgIpc) is 2.87. The molecule has 36 heavy (non-hydrogen) atoms. The van der Waals surface area contributed by atoms with Crippen molar-refractivity contribution in [2.45, 2.75) is 45.1 Å². The van der Waals surface area contributed by atoms with E-state index in [1.165, 1.54) is 4.31 Å². The smallest absolute Gasteiger partial charge is 0.264 e. The van der Waals surface area contributed by atoms with E-state index in [0.717, 1.165) is 22.3 Å². The molecule has 0 aliphatic rings. The second-order valence-corrected chi connectivity index (χ2v) is 10.6. The number of rotatable bonds is 10. The van der Waals surface area contributed by atoms with Gasteiger partial charge >= 0.3 is 0 Å². The van der Waals surface area contributed by atoms with Crippen molar-refractivity contribution in [3.63, 3.8) is 0 Å². The standard InChI is InChI=1S/C28H34N2O5S/c1-7-24(22-12-15-26(34-5)27(17-22)35-6)29-28(31)18-30(25-16-20(3)8-11-21(25)4)36(32,33)23-13-9-19(2)10-14-23/h8-17,24H,7,18H2,1-6H3,(H,29,31). The molecular formula is C28H34N2O5S. The van der Waals surface area contributed by atoms with E-state index in [0.29, 0.717) is 23.6 Å². The van der Waals surface area contributed by atoms with Crippen LogP contribution in [0.3, 0.4) is 0 Å². The maximum atomic E-state index is 13.7. The number of methoxy groups -OCH3 is 2. The Kier molecular flexibility index (Phi) is 8.63. The van der Waals surface area contributed by atoms with Crippen LogP contribution in [0.15, 0.2) is 65.6 Å². The van der Waals surface area contributed by atoms with E-state index in [9.17, 15) is 13.2 Å². The minimum atomic E-state index is -4.00. The minimum Gasteiger partial charge on any atom is -0.493 e. The van der Waals surface area contributed by atoms with Crippen molar-refractivity contribution in [1.29, 1.82) is 0 Å². The molecule has 0 radical (unpaired) electrons. The van der Waals surface area contributed by atoms with Gasteiger partial charge in [0.25, 0.3) is 10.0 Å². The highest BCUT2D eigenvalue weighted by molar-refractivity contribution is 7.92. The Bertz CT molecular complexity index is 1320. The topological polar surface area (TPSA) is 84.9 Å². The van der Waals surface area contributed by atoms with Gasteiger partial charge in [0.2, 0.25) is 5.91 Å². The van der Waals surface area contributed by atoms with Gasteiger partial charge in [0.15, 0.2) is 11.5 Å². The highest BCUT2D eigenvalue weighted by Crippen LogP contribution is 2.31. The van der Waals surface area contributed by atoms with Gasteiger partial charge in [-0.05, 0) is 74.2 Å². The molecule has 0 aromatic heterocycles. The van der Waals surface area contributed by atoms with Gasteiger partial charge in [-0.2, -0.15) is 0 Å². The van der Waals surface area contributed by atoms with Crippen LogP contribution in [-0.2, 0) is 14.8 Å². The van der Waals surface area contributed by atoms with Crippen molar-refractivity contribution < 1.29 is 22.7 Å². The number of benzene rings is 3. The number of hydrogen-bond acceptors (Lipinski definition) is 5. The van der Waals surface area contributed by atoms with Crippen molar-refractivity contribution in [3.05, 3.63) is 82.9 Å². The number of amides is 1. The van der Waals surface area contributed by atoms with Crippen LogP contribution in [0.4, 0.5) is 5.69 Å². The van der Waals surface area contributed by atoms with Crippen LogP contribution < -0.4 is 19.1 Å². The fourth-order valence-corrected chi connectivity index (χ4v) is 5.46. The molecule has 0 saturated heterocycles. The van der Waals surface area contributed by atoms with Gasteiger partial charge in [-0.3, -0.25) is 9.10 Å². The number of nitrogens with zero attached hydrogens (tertiary/aromatic N) is 1. The SMILES string of the molecule is CCC(NC(=O)CN(c1cc(C)ccc1C)S(=O)(=O)c1ccc(C)cc1)c1ccc(OC)c(OC)c1. The zero-order valence-corrected chi connectivity index (χ0v) is 22.5. The Morgan fingerprint density at radius 2 is 1.53 bits per heavy atom. The quantitative estimate of drug-likeness (QED) is 0.411. The summed E-state index contributed by atoms with van der Waals surface area (Å²) in [6.07, 6.45) is 0.607. The Labute approximate surface area is 214 Å². The minimum absolute atomic E-state index is 0.133. The van der Waals surface area contributed by atoms with Crippen LogP contribution in [0.5, 0.6) is 11.5 Å². The van der Waals surface area contributed by atoms with Crippen LogP contribution in [0.1, 0.15) is 41.6 Å². The number of carbonyl (C=O) groups excluding carboxylic acids is 1. The molecule has 0 aliphatic carbocycles. The molecule has 0 fully saturated rings. The molecule has 192 valence electrons. The summed E-state index contributed by atoms with van der Waals surface area (Å²) in [4.78, 5) is 13.4. The van der Waals surface area contributed by atoms with Crippen molar-refractivity contribution in [3.8, 4) is 11.5 Å². The molecule has 3 rings (SSSR count). The summed E-state index contributed by atoms with van der Waals surface area (Å²) in [6, 6.07) is 17.3. The first-order valence-electron chi connectivity index (χ1n) is 11.8. The van der Waals surface area contributed by atoms with E-state index in [2.05, 4.69) is 5.32 Å². The number of anilines is 1. The summed E-state index contributed by atoms with van der Waals surface area (Å²) in [5.74, 6) is 0.739. The van der Waals surface area contributed by atoms with Gasteiger partial charge in [0, 0.05) is 0 Å². The van der Waals surface area contributed by atoms with E-state index >= 15 is 0 Å². The van der Waals surface area contributed by atoms with Crippen LogP contribution in [0.2, 0.25) is 0 Å². The molecule has 8 heteroatoms. The number of aryl methyl sites for hydroxylation is 3. The third-order valence-corrected chi connectivity index (χ3v) is 7.86. The van der Waals surface area contributed by atoms with Gasteiger partial charge in [0.05, 0.1) is 30.8 Å². The number of ether oxygens (including phenoxy) is 2. The van der Waals surface area contributed by atoms with Gasteiger partial charge < -0.3 is 14.8 Å². The number of carbonyl (C=O) groups is 1. The lowest BCUT2D eigenvalue weighted by Gasteiger charge is -2.27. The summed E-state index contributed by atoms with van der Waals surface area (Å²) < 4.78 is 39.4. The van der Waals surface area contributed by atoms with Crippen LogP contribution in [0, 0.1) is 20.8 Å². The van der Waals surface area contributed by atoms with Crippen molar-refractivity contribution in [2.75, 3.05) is 25.1 Å². The Balaban J connectivity index is 1.95. The average molecular weight is 511 g/mol. The van der Waals surface area contributed by atoms with Crippen molar-refractivity contribution in [2.24, 2.45) is 0 Å². The lowest BCUT2D eigenvalue weighted by atomic mass is 10.0. The second-order valence-electron chi connectivity index (χ2n) is 8.76. The fraction of sp³-hybridized carbons (Fsp3) is 0.321. The van der Waals surface area contributed by atoms with Crippen LogP contribution >= 0.6 is 0 Å². The maximum absolute atomic E-state index is 13.7. The van der Waals surface area contributed by atoms with Crippen LogP contribution in [-0.4, -0.2) is 35.1 Å². The summed E-state index contributed by atoms with van der Waals surface area (Å²) in [5, 5.41) is 3.00. The number of sulfonamides is 1. The zero-order chi connectivity index (χ0) is 26.5. The molecule has 3 aromatic rings. The Morgan fingerprint density at radius 3 is 2.14 bits per heavy atom. The van der Waals surface area contributed by atoms with E-state index in [1.807, 2.05) is 52.0 Å². The molecule has 0 aliphatic heterocycles. The predicted octanol–water partition coefficient (Wildman–Crippen LogP) is 5.09. The third kappa shape index (κ3) is 5.99. The largest absolute Gasteiger partial charge is 0.493 e. The van der Waals surface area contributed by atoms with Crippen LogP contribution in [0.25, 0.3) is 0 Å². The molecule has 0 heterocycles. The molecule has 1 amide bonds. The van der Waals surface area contributed by atoms with Gasteiger partial charge in [-0.1, -0.05) is 42.8 Å². The molecule has 1 atom stereocenters. The third-order valence-electron chi connectivity index (χ3n) is 6.08. The monoisotopic (exact) mass is 510 g/mol. The lowest BCUT2D eigenvalue weighted by Crippen LogP contribution is -2.42. The number of hydrogen-bond donors (Lipinski definition) is 1. The lowest BCUT2D eigenvalue weighted by molar-refractivity contribution is -0.120. The molecular weight excluding hydrogens is 476 g/mol. The fourth-order valence-electron chi connectivity index (χ4n) is 3.99. The maximum Gasteiger partial charge on any atom is 0.264 e. The van der Waals surface area contributed by atoms with Crippen molar-refractivity contribution >= 4 is 21.6 Å². The van der Waals surface area contributed by atoms with Crippen molar-refractivity contribution in [1.82, 2.24) is 5.32 Å². The molecule has 7 nitrogen and oxygen atoms in total.